The van der Waals surface area contributed by atoms with Crippen LogP contribution in [0.5, 0.6) is 11.5 Å². The van der Waals surface area contributed by atoms with Crippen LogP contribution >= 0.6 is 0 Å². The highest BCUT2D eigenvalue weighted by molar-refractivity contribution is 6.04. The van der Waals surface area contributed by atoms with Gasteiger partial charge in [0.25, 0.3) is 5.91 Å². The highest BCUT2D eigenvalue weighted by atomic mass is 16.7. The topological polar surface area (TPSA) is 80.7 Å². The summed E-state index contributed by atoms with van der Waals surface area (Å²) in [4.78, 5) is 28.3. The number of carbonyl (C=O) groups excluding carboxylic acids is 2. The number of piperidine rings is 1. The third kappa shape index (κ3) is 4.82. The summed E-state index contributed by atoms with van der Waals surface area (Å²) < 4.78 is 16.4. The summed E-state index contributed by atoms with van der Waals surface area (Å²) in [5.41, 5.74) is 5.18. The zero-order chi connectivity index (χ0) is 25.2. The normalized spacial score (nSPS) is 21.4. The van der Waals surface area contributed by atoms with Crippen LogP contribution in [0.25, 0.3) is 0 Å². The number of hydrogen-bond donors (Lipinski definition) is 0. The maximum Gasteiger partial charge on any atom is 0.323 e. The number of fused-ring (bicyclic) bond motifs is 1. The van der Waals surface area contributed by atoms with E-state index in [0.717, 1.165) is 35.2 Å². The lowest BCUT2D eigenvalue weighted by molar-refractivity contribution is -0.152. The maximum absolute atomic E-state index is 13.7. The molecule has 3 aliphatic rings. The molecule has 2 atom stereocenters. The van der Waals surface area contributed by atoms with Crippen molar-refractivity contribution < 1.29 is 23.8 Å². The van der Waals surface area contributed by atoms with Crippen LogP contribution < -0.4 is 9.47 Å². The number of rotatable bonds is 6. The van der Waals surface area contributed by atoms with Crippen LogP contribution in [0.4, 0.5) is 0 Å². The minimum Gasteiger partial charge on any atom is -0.465 e. The number of aryl methyl sites for hydroxylation is 2. The van der Waals surface area contributed by atoms with E-state index in [0.29, 0.717) is 37.5 Å². The van der Waals surface area contributed by atoms with Gasteiger partial charge in [0.15, 0.2) is 11.5 Å². The van der Waals surface area contributed by atoms with Crippen LogP contribution in [0.3, 0.4) is 0 Å². The van der Waals surface area contributed by atoms with Gasteiger partial charge in [0.05, 0.1) is 24.9 Å². The first-order chi connectivity index (χ1) is 17.4. The third-order valence-corrected chi connectivity index (χ3v) is 7.15. The smallest absolute Gasteiger partial charge is 0.323 e. The van der Waals surface area contributed by atoms with Gasteiger partial charge in [-0.1, -0.05) is 36.2 Å². The summed E-state index contributed by atoms with van der Waals surface area (Å²) in [5.74, 6) is 1.00. The van der Waals surface area contributed by atoms with Crippen LogP contribution in [-0.2, 0) is 14.3 Å². The second-order valence-corrected chi connectivity index (χ2v) is 9.67. The molecule has 2 aromatic rings. The van der Waals surface area contributed by atoms with Crippen LogP contribution in [0.2, 0.25) is 0 Å². The van der Waals surface area contributed by atoms with Gasteiger partial charge in [0.1, 0.15) is 6.04 Å². The fourth-order valence-corrected chi connectivity index (χ4v) is 5.35. The van der Waals surface area contributed by atoms with E-state index >= 15 is 0 Å². The minimum atomic E-state index is -0.392. The number of nitrogens with zero attached hydrogens (tertiary/aromatic N) is 3. The predicted octanol–water partition coefficient (Wildman–Crippen LogP) is 4.13. The van der Waals surface area contributed by atoms with Crippen molar-refractivity contribution in [3.63, 3.8) is 0 Å². The van der Waals surface area contributed by atoms with Crippen molar-refractivity contribution in [3.8, 4) is 11.5 Å². The molecule has 5 rings (SSSR count). The molecule has 0 saturated carbocycles. The Kier molecular flexibility index (Phi) is 6.96. The summed E-state index contributed by atoms with van der Waals surface area (Å²) in [5, 5.41) is 6.46. The fraction of sp³-hybridized carbons (Fsp3) is 0.464. The Morgan fingerprint density at radius 1 is 1.08 bits per heavy atom. The Hall–Kier alpha value is -3.39. The number of amides is 1. The Bertz CT molecular complexity index is 1190. The van der Waals surface area contributed by atoms with Gasteiger partial charge in [-0.05, 0) is 63.4 Å². The van der Waals surface area contributed by atoms with Crippen molar-refractivity contribution >= 4 is 17.6 Å². The van der Waals surface area contributed by atoms with E-state index in [1.165, 1.54) is 5.56 Å². The molecule has 190 valence electrons. The Labute approximate surface area is 211 Å². The molecule has 3 aliphatic heterocycles. The van der Waals surface area contributed by atoms with Crippen LogP contribution in [0.1, 0.15) is 60.9 Å². The summed E-state index contributed by atoms with van der Waals surface area (Å²) in [6.07, 6.45) is 3.20. The lowest BCUT2D eigenvalue weighted by atomic mass is 9.95. The molecule has 0 bridgehead atoms. The van der Waals surface area contributed by atoms with Crippen LogP contribution in [0.15, 0.2) is 41.5 Å². The molecule has 1 fully saturated rings. The molecule has 0 N–H and O–H groups in total. The molecular formula is C28H33N3O5. The second-order valence-electron chi connectivity index (χ2n) is 9.67. The first-order valence-corrected chi connectivity index (χ1v) is 12.7. The average Bonchev–Trinajstić information content (AvgIpc) is 3.51. The van der Waals surface area contributed by atoms with Crippen LogP contribution in [0, 0.1) is 13.8 Å². The van der Waals surface area contributed by atoms with Crippen molar-refractivity contribution in [2.45, 2.75) is 58.5 Å². The predicted molar refractivity (Wildman–Crippen MR) is 135 cm³/mol. The van der Waals surface area contributed by atoms with Gasteiger partial charge < -0.3 is 14.2 Å². The van der Waals surface area contributed by atoms with E-state index in [-0.39, 0.29) is 31.3 Å². The molecule has 0 aromatic heterocycles. The van der Waals surface area contributed by atoms with Gasteiger partial charge in [0, 0.05) is 12.0 Å². The van der Waals surface area contributed by atoms with E-state index in [4.69, 9.17) is 19.3 Å². The maximum atomic E-state index is 13.7. The van der Waals surface area contributed by atoms with Gasteiger partial charge in [-0.2, -0.15) is 5.10 Å². The number of carbonyl (C=O) groups is 2. The molecule has 0 aliphatic carbocycles. The number of ether oxygens (including phenoxy) is 3. The number of benzene rings is 2. The van der Waals surface area contributed by atoms with Gasteiger partial charge >= 0.3 is 5.97 Å². The zero-order valence-electron chi connectivity index (χ0n) is 21.2. The van der Waals surface area contributed by atoms with Crippen molar-refractivity contribution in [2.75, 3.05) is 26.5 Å². The number of likely N-dealkylation sites (tertiary alicyclic amines) is 1. The molecule has 1 saturated heterocycles. The van der Waals surface area contributed by atoms with E-state index in [9.17, 15) is 9.59 Å². The summed E-state index contributed by atoms with van der Waals surface area (Å²) >= 11 is 0. The first kappa shape index (κ1) is 24.3. The molecule has 2 aromatic carbocycles. The van der Waals surface area contributed by atoms with E-state index in [1.807, 2.05) is 23.1 Å². The third-order valence-electron chi connectivity index (χ3n) is 7.15. The molecule has 0 radical (unpaired) electrons. The molecule has 8 nitrogen and oxygen atoms in total. The Morgan fingerprint density at radius 3 is 2.72 bits per heavy atom. The largest absolute Gasteiger partial charge is 0.465 e. The van der Waals surface area contributed by atoms with E-state index < -0.39 is 6.04 Å². The Balaban J connectivity index is 1.44. The molecular weight excluding hydrogens is 458 g/mol. The van der Waals surface area contributed by atoms with Crippen molar-refractivity contribution in [3.05, 3.63) is 58.7 Å². The highest BCUT2D eigenvalue weighted by Gasteiger charge is 2.37. The molecule has 8 heteroatoms. The molecule has 1 amide bonds. The number of esters is 1. The van der Waals surface area contributed by atoms with E-state index in [1.54, 1.807) is 11.9 Å². The van der Waals surface area contributed by atoms with Gasteiger partial charge in [-0.25, -0.2) is 5.01 Å². The Morgan fingerprint density at radius 2 is 1.92 bits per heavy atom. The lowest BCUT2D eigenvalue weighted by Gasteiger charge is -2.34. The summed E-state index contributed by atoms with van der Waals surface area (Å²) in [7, 11) is 0. The minimum absolute atomic E-state index is 0.119. The van der Waals surface area contributed by atoms with Crippen LogP contribution in [-0.4, -0.2) is 60.0 Å². The van der Waals surface area contributed by atoms with Crippen molar-refractivity contribution in [1.82, 2.24) is 9.91 Å². The second kappa shape index (κ2) is 10.3. The van der Waals surface area contributed by atoms with Gasteiger partial charge in [-0.15, -0.1) is 0 Å². The standard InChI is InChI=1S/C28H33N3O5/c1-4-34-28(33)23-7-5-6-12-30(23)16-27(32)31-24(20-9-11-25-26(14-20)36-17-35-25)15-22(29-31)21-10-8-18(2)13-19(21)3/h8-11,13-14,23-24H,4-7,12,15-17H2,1-3H3/t23-,24-/m1/s1. The molecule has 3 heterocycles. The van der Waals surface area contributed by atoms with Crippen molar-refractivity contribution in [1.29, 1.82) is 0 Å². The average molecular weight is 492 g/mol. The SMILES string of the molecule is CCOC(=O)[C@H]1CCCCN1CC(=O)N1N=C(c2ccc(C)cc2C)C[C@@H]1c1ccc2c(c1)OCO2. The van der Waals surface area contributed by atoms with Gasteiger partial charge in [-0.3, -0.25) is 14.5 Å². The monoisotopic (exact) mass is 491 g/mol. The number of hydrogen-bond acceptors (Lipinski definition) is 7. The summed E-state index contributed by atoms with van der Waals surface area (Å²) in [6, 6.07) is 11.4. The lowest BCUT2D eigenvalue weighted by Crippen LogP contribution is -2.49. The zero-order valence-corrected chi connectivity index (χ0v) is 21.2. The first-order valence-electron chi connectivity index (χ1n) is 12.7. The van der Waals surface area contributed by atoms with Gasteiger partial charge in [0.2, 0.25) is 6.79 Å². The quantitative estimate of drug-likeness (QED) is 0.566. The molecule has 0 unspecified atom stereocenters. The van der Waals surface area contributed by atoms with Crippen molar-refractivity contribution in [2.24, 2.45) is 5.10 Å². The molecule has 0 spiro atoms. The summed E-state index contributed by atoms with van der Waals surface area (Å²) in [6.45, 7) is 7.28. The van der Waals surface area contributed by atoms with E-state index in [2.05, 4.69) is 32.0 Å². The fourth-order valence-electron chi connectivity index (χ4n) is 5.35. The highest BCUT2D eigenvalue weighted by Crippen LogP contribution is 2.39. The number of hydrazone groups is 1. The molecule has 36 heavy (non-hydrogen) atoms.